The number of carbonyl (C=O) groups is 3. The van der Waals surface area contributed by atoms with Crippen LogP contribution in [0.1, 0.15) is 57.4 Å². The molecule has 1 heterocycles. The number of rotatable bonds is 5. The van der Waals surface area contributed by atoms with E-state index in [1.165, 1.54) is 19.3 Å². The third-order valence-electron chi connectivity index (χ3n) is 7.89. The lowest BCUT2D eigenvalue weighted by atomic mass is 9.53. The van der Waals surface area contributed by atoms with Crippen molar-refractivity contribution in [3.8, 4) is 0 Å². The van der Waals surface area contributed by atoms with Gasteiger partial charge in [0.2, 0.25) is 5.91 Å². The van der Waals surface area contributed by atoms with Crippen LogP contribution < -0.4 is 10.2 Å². The Morgan fingerprint density at radius 1 is 1.06 bits per heavy atom. The molecule has 6 rings (SSSR count). The van der Waals surface area contributed by atoms with Gasteiger partial charge in [-0.05, 0) is 82.3 Å². The predicted molar refractivity (Wildman–Crippen MR) is 116 cm³/mol. The van der Waals surface area contributed by atoms with Gasteiger partial charge in [0.1, 0.15) is 0 Å². The summed E-state index contributed by atoms with van der Waals surface area (Å²) in [6, 6.07) is 7.68. The molecule has 4 saturated carbocycles. The number of aryl methyl sites for hydroxylation is 1. The molecule has 0 spiro atoms. The Bertz CT molecular complexity index is 858. The van der Waals surface area contributed by atoms with Gasteiger partial charge in [0.25, 0.3) is 5.91 Å². The fourth-order valence-electron chi connectivity index (χ4n) is 6.79. The Morgan fingerprint density at radius 2 is 1.65 bits per heavy atom. The van der Waals surface area contributed by atoms with E-state index in [-0.39, 0.29) is 23.8 Å². The van der Waals surface area contributed by atoms with Crippen LogP contribution in [-0.4, -0.2) is 36.0 Å². The van der Waals surface area contributed by atoms with Crippen LogP contribution in [0, 0.1) is 30.6 Å². The van der Waals surface area contributed by atoms with Crippen molar-refractivity contribution in [2.45, 2.75) is 70.4 Å². The van der Waals surface area contributed by atoms with Crippen molar-refractivity contribution in [3.63, 3.8) is 0 Å². The Balaban J connectivity index is 1.17. The Kier molecular flexibility index (Phi) is 5.06. The van der Waals surface area contributed by atoms with Crippen LogP contribution in [0.2, 0.25) is 0 Å². The van der Waals surface area contributed by atoms with E-state index in [9.17, 15) is 14.4 Å². The molecule has 6 heteroatoms. The lowest BCUT2D eigenvalue weighted by molar-refractivity contribution is -0.160. The molecule has 1 aromatic rings. The van der Waals surface area contributed by atoms with E-state index in [2.05, 4.69) is 5.32 Å². The minimum absolute atomic E-state index is 0.0866. The molecule has 1 aliphatic heterocycles. The van der Waals surface area contributed by atoms with Crippen molar-refractivity contribution in [1.29, 1.82) is 0 Å². The molecule has 1 aromatic carbocycles. The van der Waals surface area contributed by atoms with Gasteiger partial charge >= 0.3 is 5.97 Å². The molecule has 0 unspecified atom stereocenters. The van der Waals surface area contributed by atoms with E-state index in [0.29, 0.717) is 6.54 Å². The molecule has 4 aliphatic carbocycles. The molecule has 5 aliphatic rings. The number of amides is 2. The summed E-state index contributed by atoms with van der Waals surface area (Å²) in [7, 11) is 0. The first-order chi connectivity index (χ1) is 14.8. The van der Waals surface area contributed by atoms with E-state index in [1.54, 1.807) is 11.8 Å². The Hall–Kier alpha value is -2.37. The van der Waals surface area contributed by atoms with E-state index < -0.39 is 18.0 Å². The molecule has 166 valence electrons. The monoisotopic (exact) mass is 424 g/mol. The zero-order valence-electron chi connectivity index (χ0n) is 18.4. The van der Waals surface area contributed by atoms with Crippen molar-refractivity contribution >= 4 is 23.5 Å². The molecule has 0 radical (unpaired) electrons. The third-order valence-corrected chi connectivity index (χ3v) is 7.89. The molecule has 2 atom stereocenters. The molecule has 1 saturated heterocycles. The lowest BCUT2D eigenvalue weighted by Crippen LogP contribution is -2.61. The summed E-state index contributed by atoms with van der Waals surface area (Å²) in [6.07, 6.45) is 6.41. The van der Waals surface area contributed by atoms with Gasteiger partial charge in [-0.15, -0.1) is 0 Å². The van der Waals surface area contributed by atoms with Crippen LogP contribution in [0.4, 0.5) is 5.69 Å². The summed E-state index contributed by atoms with van der Waals surface area (Å²) < 4.78 is 5.53. The zero-order valence-corrected chi connectivity index (χ0v) is 18.4. The maximum atomic E-state index is 12.9. The Labute approximate surface area is 183 Å². The number of ether oxygens (including phenoxy) is 1. The quantitative estimate of drug-likeness (QED) is 0.736. The molecule has 2 amide bonds. The van der Waals surface area contributed by atoms with Crippen molar-refractivity contribution in [2.75, 3.05) is 11.4 Å². The van der Waals surface area contributed by atoms with Crippen LogP contribution in [0.25, 0.3) is 0 Å². The summed E-state index contributed by atoms with van der Waals surface area (Å²) in [5.74, 6) is 0.927. The fraction of sp³-hybridized carbons (Fsp3) is 0.640. The van der Waals surface area contributed by atoms with Gasteiger partial charge in [-0.25, -0.2) is 0 Å². The minimum atomic E-state index is -0.843. The number of benzene rings is 1. The maximum Gasteiger partial charge on any atom is 0.312 e. The van der Waals surface area contributed by atoms with Crippen LogP contribution in [-0.2, 0) is 19.1 Å². The van der Waals surface area contributed by atoms with Crippen LogP contribution in [0.5, 0.6) is 0 Å². The second-order valence-corrected chi connectivity index (χ2v) is 10.5. The first-order valence-corrected chi connectivity index (χ1v) is 11.7. The van der Waals surface area contributed by atoms with E-state index in [4.69, 9.17) is 4.74 Å². The van der Waals surface area contributed by atoms with Crippen molar-refractivity contribution in [2.24, 2.45) is 23.7 Å². The number of hydrogen-bond donors (Lipinski definition) is 1. The highest BCUT2D eigenvalue weighted by atomic mass is 16.5. The van der Waals surface area contributed by atoms with Gasteiger partial charge in [-0.2, -0.15) is 0 Å². The van der Waals surface area contributed by atoms with Crippen molar-refractivity contribution in [3.05, 3.63) is 29.8 Å². The van der Waals surface area contributed by atoms with Gasteiger partial charge in [0.05, 0.1) is 5.92 Å². The molecule has 5 fully saturated rings. The number of anilines is 1. The number of carbonyl (C=O) groups excluding carboxylic acids is 3. The summed E-state index contributed by atoms with van der Waals surface area (Å²) >= 11 is 0. The van der Waals surface area contributed by atoms with Gasteiger partial charge in [0, 0.05) is 24.2 Å². The maximum absolute atomic E-state index is 12.9. The molecule has 1 N–H and O–H groups in total. The first-order valence-electron chi connectivity index (χ1n) is 11.7. The van der Waals surface area contributed by atoms with Gasteiger partial charge in [-0.1, -0.05) is 17.7 Å². The SMILES string of the molecule is Cc1ccc(N2C[C@H](C(=O)O[C@H](C)C(=O)NC34CC5CC(CC(C5)C3)C4)CC2=O)cc1. The van der Waals surface area contributed by atoms with E-state index >= 15 is 0 Å². The number of nitrogens with zero attached hydrogens (tertiary/aromatic N) is 1. The van der Waals surface area contributed by atoms with Crippen LogP contribution in [0.15, 0.2) is 24.3 Å². The van der Waals surface area contributed by atoms with E-state index in [1.807, 2.05) is 31.2 Å². The normalized spacial score (nSPS) is 34.6. The summed E-state index contributed by atoms with van der Waals surface area (Å²) in [5.41, 5.74) is 1.81. The first kappa shape index (κ1) is 20.5. The van der Waals surface area contributed by atoms with Crippen LogP contribution >= 0.6 is 0 Å². The fourth-order valence-corrected chi connectivity index (χ4v) is 6.79. The highest BCUT2D eigenvalue weighted by molar-refractivity contribution is 5.99. The number of esters is 1. The summed E-state index contributed by atoms with van der Waals surface area (Å²) in [6.45, 7) is 3.93. The standard InChI is InChI=1S/C25H32N2O4/c1-15-3-5-21(6-4-15)27-14-20(10-22(27)28)24(30)31-16(2)23(29)26-25-11-17-7-18(12-25)9-19(8-17)13-25/h3-6,16-20H,7-14H2,1-2H3,(H,26,29)/t16-,17?,18?,19?,20-,25?/m1/s1. The summed E-state index contributed by atoms with van der Waals surface area (Å²) in [5, 5.41) is 3.28. The second-order valence-electron chi connectivity index (χ2n) is 10.5. The lowest BCUT2D eigenvalue weighted by Gasteiger charge is -2.57. The predicted octanol–water partition coefficient (Wildman–Crippen LogP) is 3.36. The molecule has 0 aromatic heterocycles. The smallest absolute Gasteiger partial charge is 0.312 e. The highest BCUT2D eigenvalue weighted by Gasteiger charge is 2.52. The number of hydrogen-bond acceptors (Lipinski definition) is 4. The highest BCUT2D eigenvalue weighted by Crippen LogP contribution is 2.55. The van der Waals surface area contributed by atoms with Gasteiger partial charge in [0.15, 0.2) is 6.10 Å². The largest absolute Gasteiger partial charge is 0.452 e. The van der Waals surface area contributed by atoms with Gasteiger partial charge in [-0.3, -0.25) is 14.4 Å². The number of nitrogens with one attached hydrogen (secondary N) is 1. The van der Waals surface area contributed by atoms with Crippen molar-refractivity contribution < 1.29 is 19.1 Å². The minimum Gasteiger partial charge on any atom is -0.452 e. The molecule has 31 heavy (non-hydrogen) atoms. The third kappa shape index (κ3) is 3.97. The van der Waals surface area contributed by atoms with E-state index in [0.717, 1.165) is 48.3 Å². The molecule has 4 bridgehead atoms. The van der Waals surface area contributed by atoms with Crippen LogP contribution in [0.3, 0.4) is 0 Å². The zero-order chi connectivity index (χ0) is 21.8. The average molecular weight is 425 g/mol. The topological polar surface area (TPSA) is 75.7 Å². The molecular weight excluding hydrogens is 392 g/mol. The second kappa shape index (κ2) is 7.64. The summed E-state index contributed by atoms with van der Waals surface area (Å²) in [4.78, 5) is 39.7. The average Bonchev–Trinajstić information content (AvgIpc) is 3.09. The van der Waals surface area contributed by atoms with Crippen molar-refractivity contribution in [1.82, 2.24) is 5.32 Å². The molecular formula is C25H32N2O4. The Morgan fingerprint density at radius 3 is 2.23 bits per heavy atom. The molecule has 6 nitrogen and oxygen atoms in total. The van der Waals surface area contributed by atoms with Gasteiger partial charge < -0.3 is 15.0 Å².